The molecule has 5 heteroatoms. The summed E-state index contributed by atoms with van der Waals surface area (Å²) in [5.41, 5.74) is 0.283. The summed E-state index contributed by atoms with van der Waals surface area (Å²) >= 11 is 5.76. The van der Waals surface area contributed by atoms with Crippen molar-refractivity contribution in [1.82, 2.24) is 10.6 Å². The monoisotopic (exact) mass is 310 g/mol. The molecule has 0 saturated heterocycles. The third kappa shape index (κ3) is 4.17. The lowest BCUT2D eigenvalue weighted by atomic mass is 9.86. The van der Waals surface area contributed by atoms with Gasteiger partial charge >= 0.3 is 0 Å². The standard InChI is InChI=1S/C16H20ClFN2O/c17-12-5-11(6-13(18)7-12)16(21)20-15-8-14(9-15)19-4-3-10-1-2-10/h5-7,10,14-15,19H,1-4,8-9H2,(H,20,21). The topological polar surface area (TPSA) is 41.1 Å². The first kappa shape index (κ1) is 14.8. The first-order valence-electron chi connectivity index (χ1n) is 7.60. The lowest BCUT2D eigenvalue weighted by Crippen LogP contribution is -2.52. The molecular weight excluding hydrogens is 291 g/mol. The van der Waals surface area contributed by atoms with Crippen LogP contribution in [0.4, 0.5) is 4.39 Å². The summed E-state index contributed by atoms with van der Waals surface area (Å²) in [7, 11) is 0. The minimum absolute atomic E-state index is 0.179. The molecule has 2 aliphatic rings. The zero-order valence-electron chi connectivity index (χ0n) is 11.9. The van der Waals surface area contributed by atoms with E-state index in [-0.39, 0.29) is 22.5 Å². The van der Waals surface area contributed by atoms with Crippen LogP contribution in [0.2, 0.25) is 5.02 Å². The molecule has 3 rings (SSSR count). The Kier molecular flexibility index (Phi) is 4.45. The van der Waals surface area contributed by atoms with Crippen LogP contribution in [0.25, 0.3) is 0 Å². The number of hydrogen-bond donors (Lipinski definition) is 2. The average molecular weight is 311 g/mol. The van der Waals surface area contributed by atoms with E-state index in [4.69, 9.17) is 11.6 Å². The van der Waals surface area contributed by atoms with Gasteiger partial charge in [-0.3, -0.25) is 4.79 Å². The van der Waals surface area contributed by atoms with E-state index in [2.05, 4.69) is 10.6 Å². The minimum atomic E-state index is -0.485. The maximum Gasteiger partial charge on any atom is 0.251 e. The molecule has 0 atom stereocenters. The molecule has 2 aliphatic carbocycles. The van der Waals surface area contributed by atoms with Crippen LogP contribution in [-0.2, 0) is 0 Å². The number of benzene rings is 1. The smallest absolute Gasteiger partial charge is 0.251 e. The van der Waals surface area contributed by atoms with Crippen molar-refractivity contribution in [1.29, 1.82) is 0 Å². The predicted molar refractivity (Wildman–Crippen MR) is 81.0 cm³/mol. The second-order valence-electron chi connectivity index (χ2n) is 6.18. The fourth-order valence-corrected chi connectivity index (χ4v) is 2.98. The summed E-state index contributed by atoms with van der Waals surface area (Å²) in [4.78, 5) is 12.0. The van der Waals surface area contributed by atoms with Crippen LogP contribution in [0.3, 0.4) is 0 Å². The Balaban J connectivity index is 1.40. The molecule has 2 saturated carbocycles. The average Bonchev–Trinajstić information content (AvgIpc) is 3.18. The Morgan fingerprint density at radius 2 is 2.00 bits per heavy atom. The number of amides is 1. The Morgan fingerprint density at radius 1 is 1.24 bits per heavy atom. The molecule has 1 aromatic rings. The fourth-order valence-electron chi connectivity index (χ4n) is 2.75. The molecule has 0 aromatic heterocycles. The molecule has 1 aromatic carbocycles. The van der Waals surface area contributed by atoms with Gasteiger partial charge in [0.2, 0.25) is 0 Å². The van der Waals surface area contributed by atoms with Crippen LogP contribution < -0.4 is 10.6 Å². The van der Waals surface area contributed by atoms with Crippen LogP contribution in [0.1, 0.15) is 42.5 Å². The SMILES string of the molecule is O=C(NC1CC(NCCC2CC2)C1)c1cc(F)cc(Cl)c1. The molecule has 0 bridgehead atoms. The molecule has 0 radical (unpaired) electrons. The number of carbonyl (C=O) groups excluding carboxylic acids is 1. The van der Waals surface area contributed by atoms with Gasteiger partial charge < -0.3 is 10.6 Å². The second-order valence-corrected chi connectivity index (χ2v) is 6.62. The van der Waals surface area contributed by atoms with Crippen LogP contribution >= 0.6 is 11.6 Å². The van der Waals surface area contributed by atoms with Gasteiger partial charge in [-0.15, -0.1) is 0 Å². The van der Waals surface area contributed by atoms with E-state index in [0.717, 1.165) is 25.3 Å². The maximum atomic E-state index is 13.2. The first-order valence-corrected chi connectivity index (χ1v) is 7.98. The van der Waals surface area contributed by atoms with Gasteiger partial charge in [-0.25, -0.2) is 4.39 Å². The highest BCUT2D eigenvalue weighted by molar-refractivity contribution is 6.31. The van der Waals surface area contributed by atoms with E-state index < -0.39 is 5.82 Å². The molecule has 0 unspecified atom stereocenters. The van der Waals surface area contributed by atoms with E-state index in [1.165, 1.54) is 37.5 Å². The molecule has 3 nitrogen and oxygen atoms in total. The van der Waals surface area contributed by atoms with Gasteiger partial charge in [-0.2, -0.15) is 0 Å². The number of hydrogen-bond acceptors (Lipinski definition) is 2. The van der Waals surface area contributed by atoms with E-state index in [1.54, 1.807) is 0 Å². The van der Waals surface area contributed by atoms with Crippen molar-refractivity contribution in [2.75, 3.05) is 6.54 Å². The van der Waals surface area contributed by atoms with Crippen molar-refractivity contribution in [2.24, 2.45) is 5.92 Å². The molecule has 2 fully saturated rings. The Morgan fingerprint density at radius 3 is 2.67 bits per heavy atom. The third-order valence-corrected chi connectivity index (χ3v) is 4.50. The van der Waals surface area contributed by atoms with Gasteiger partial charge in [0.25, 0.3) is 5.91 Å². The van der Waals surface area contributed by atoms with Crippen molar-refractivity contribution in [3.8, 4) is 0 Å². The van der Waals surface area contributed by atoms with Gasteiger partial charge in [0.15, 0.2) is 0 Å². The molecule has 0 aliphatic heterocycles. The highest BCUT2D eigenvalue weighted by Gasteiger charge is 2.30. The summed E-state index contributed by atoms with van der Waals surface area (Å²) in [6.07, 6.45) is 5.94. The largest absolute Gasteiger partial charge is 0.349 e. The number of rotatable bonds is 6. The molecule has 21 heavy (non-hydrogen) atoms. The van der Waals surface area contributed by atoms with Crippen molar-refractivity contribution < 1.29 is 9.18 Å². The van der Waals surface area contributed by atoms with E-state index in [1.807, 2.05) is 0 Å². The highest BCUT2D eigenvalue weighted by atomic mass is 35.5. The molecular formula is C16H20ClFN2O. The minimum Gasteiger partial charge on any atom is -0.349 e. The fraction of sp³-hybridized carbons (Fsp3) is 0.562. The summed E-state index contributed by atoms with van der Waals surface area (Å²) in [5.74, 6) is 0.213. The zero-order valence-corrected chi connectivity index (χ0v) is 12.6. The zero-order chi connectivity index (χ0) is 14.8. The van der Waals surface area contributed by atoms with E-state index in [0.29, 0.717) is 6.04 Å². The normalized spacial score (nSPS) is 24.5. The van der Waals surface area contributed by atoms with Gasteiger partial charge in [0.1, 0.15) is 5.82 Å². The van der Waals surface area contributed by atoms with Crippen molar-refractivity contribution in [2.45, 2.75) is 44.2 Å². The molecule has 2 N–H and O–H groups in total. The Labute approximate surface area is 129 Å². The molecule has 0 spiro atoms. The van der Waals surface area contributed by atoms with E-state index >= 15 is 0 Å². The van der Waals surface area contributed by atoms with Crippen molar-refractivity contribution >= 4 is 17.5 Å². The molecule has 114 valence electrons. The van der Waals surface area contributed by atoms with Gasteiger partial charge in [0, 0.05) is 22.7 Å². The van der Waals surface area contributed by atoms with Crippen LogP contribution in [0, 0.1) is 11.7 Å². The summed E-state index contributed by atoms with van der Waals surface area (Å²) in [6.45, 7) is 1.08. The summed E-state index contributed by atoms with van der Waals surface area (Å²) in [5, 5.41) is 6.69. The van der Waals surface area contributed by atoms with Gasteiger partial charge in [-0.1, -0.05) is 24.4 Å². The molecule has 1 amide bonds. The maximum absolute atomic E-state index is 13.2. The Hall–Kier alpha value is -1.13. The van der Waals surface area contributed by atoms with Crippen LogP contribution in [-0.4, -0.2) is 24.5 Å². The molecule has 0 heterocycles. The van der Waals surface area contributed by atoms with Crippen molar-refractivity contribution in [3.63, 3.8) is 0 Å². The number of halogens is 2. The quantitative estimate of drug-likeness (QED) is 0.847. The highest BCUT2D eigenvalue weighted by Crippen LogP contribution is 2.32. The van der Waals surface area contributed by atoms with E-state index in [9.17, 15) is 9.18 Å². The first-order chi connectivity index (χ1) is 10.1. The third-order valence-electron chi connectivity index (χ3n) is 4.28. The Bertz CT molecular complexity index is 507. The second kappa shape index (κ2) is 6.32. The van der Waals surface area contributed by atoms with Crippen LogP contribution in [0.15, 0.2) is 18.2 Å². The van der Waals surface area contributed by atoms with Gasteiger partial charge in [0.05, 0.1) is 0 Å². The summed E-state index contributed by atoms with van der Waals surface area (Å²) < 4.78 is 13.2. The number of nitrogens with one attached hydrogen (secondary N) is 2. The lowest BCUT2D eigenvalue weighted by Gasteiger charge is -2.36. The summed E-state index contributed by atoms with van der Waals surface area (Å²) in [6, 6.07) is 4.58. The lowest BCUT2D eigenvalue weighted by molar-refractivity contribution is 0.0902. The van der Waals surface area contributed by atoms with Crippen LogP contribution in [0.5, 0.6) is 0 Å². The number of carbonyl (C=O) groups is 1. The predicted octanol–water partition coefficient (Wildman–Crippen LogP) is 3.13. The van der Waals surface area contributed by atoms with Gasteiger partial charge in [-0.05, 0) is 49.9 Å². The van der Waals surface area contributed by atoms with Crippen molar-refractivity contribution in [3.05, 3.63) is 34.6 Å².